The second kappa shape index (κ2) is 6.25. The molecule has 6 nitrogen and oxygen atoms in total. The van der Waals surface area contributed by atoms with Gasteiger partial charge in [-0.2, -0.15) is 0 Å². The monoisotopic (exact) mass is 352 g/mol. The second-order valence-corrected chi connectivity index (χ2v) is 6.34. The van der Waals surface area contributed by atoms with Crippen LogP contribution in [-0.2, 0) is 13.1 Å². The molecule has 0 saturated heterocycles. The fourth-order valence-corrected chi connectivity index (χ4v) is 3.11. The summed E-state index contributed by atoms with van der Waals surface area (Å²) in [7, 11) is 0. The molecule has 0 unspecified atom stereocenters. The van der Waals surface area contributed by atoms with Gasteiger partial charge in [0, 0.05) is 18.8 Å². The van der Waals surface area contributed by atoms with Crippen molar-refractivity contribution in [2.24, 2.45) is 0 Å². The summed E-state index contributed by atoms with van der Waals surface area (Å²) >= 11 is 0. The molecule has 1 aliphatic heterocycles. The molecule has 0 bridgehead atoms. The maximum Gasteiger partial charge on any atom is 0.333 e. The van der Waals surface area contributed by atoms with Gasteiger partial charge in [0.1, 0.15) is 5.82 Å². The Morgan fingerprint density at radius 1 is 1.04 bits per heavy atom. The van der Waals surface area contributed by atoms with Crippen molar-refractivity contribution in [3.8, 4) is 0 Å². The summed E-state index contributed by atoms with van der Waals surface area (Å²) in [5.41, 5.74) is 1.30. The number of halogens is 1. The van der Waals surface area contributed by atoms with Crippen LogP contribution in [0.5, 0.6) is 0 Å². The fourth-order valence-electron chi connectivity index (χ4n) is 3.11. The van der Waals surface area contributed by atoms with Crippen molar-refractivity contribution in [3.63, 3.8) is 0 Å². The van der Waals surface area contributed by atoms with Crippen LogP contribution < -0.4 is 16.0 Å². The highest BCUT2D eigenvalue weighted by Gasteiger charge is 2.25. The first kappa shape index (κ1) is 16.3. The maximum atomic E-state index is 13.4. The Kier molecular flexibility index (Phi) is 3.91. The number of anilines is 2. The Labute approximate surface area is 148 Å². The molecule has 0 N–H and O–H groups in total. The van der Waals surface area contributed by atoms with Crippen LogP contribution in [0, 0.1) is 12.7 Å². The maximum absolute atomic E-state index is 13.4. The van der Waals surface area contributed by atoms with Gasteiger partial charge in [-0.1, -0.05) is 29.8 Å². The van der Waals surface area contributed by atoms with Crippen LogP contribution in [0.25, 0.3) is 0 Å². The number of aryl methyl sites for hydroxylation is 1. The summed E-state index contributed by atoms with van der Waals surface area (Å²) in [4.78, 5) is 26.7. The predicted molar refractivity (Wildman–Crippen MR) is 96.4 cm³/mol. The van der Waals surface area contributed by atoms with Crippen LogP contribution in [0.1, 0.15) is 11.1 Å². The van der Waals surface area contributed by atoms with Gasteiger partial charge in [0.2, 0.25) is 5.95 Å². The van der Waals surface area contributed by atoms with E-state index in [1.165, 1.54) is 16.7 Å². The van der Waals surface area contributed by atoms with E-state index in [9.17, 15) is 14.0 Å². The summed E-state index contributed by atoms with van der Waals surface area (Å²) in [6.07, 6.45) is 0. The van der Waals surface area contributed by atoms with Gasteiger partial charge < -0.3 is 4.90 Å². The van der Waals surface area contributed by atoms with E-state index >= 15 is 0 Å². The van der Waals surface area contributed by atoms with E-state index in [-0.39, 0.29) is 6.54 Å². The third-order valence-electron chi connectivity index (χ3n) is 4.47. The average Bonchev–Trinajstić information content (AvgIpc) is 3.04. The molecule has 0 aliphatic carbocycles. The number of benzene rings is 2. The van der Waals surface area contributed by atoms with E-state index in [0.717, 1.165) is 15.9 Å². The Hall–Kier alpha value is -3.22. The molecule has 132 valence electrons. The number of rotatable bonds is 3. The van der Waals surface area contributed by atoms with E-state index in [1.54, 1.807) is 12.1 Å². The van der Waals surface area contributed by atoms with Gasteiger partial charge in [0.05, 0.1) is 6.54 Å². The molecular weight excluding hydrogens is 335 g/mol. The van der Waals surface area contributed by atoms with Gasteiger partial charge in [0.15, 0.2) is 0 Å². The van der Waals surface area contributed by atoms with Crippen LogP contribution in [-0.4, -0.2) is 20.9 Å². The van der Waals surface area contributed by atoms with Crippen LogP contribution in [0.3, 0.4) is 0 Å². The number of aromatic nitrogens is 3. The number of hydrogen-bond donors (Lipinski definition) is 0. The van der Waals surface area contributed by atoms with Crippen molar-refractivity contribution in [1.82, 2.24) is 14.3 Å². The molecule has 2 heterocycles. The van der Waals surface area contributed by atoms with Gasteiger partial charge in [-0.25, -0.2) is 9.07 Å². The highest BCUT2D eigenvalue weighted by Crippen LogP contribution is 2.26. The standard InChI is InChI=1S/C19H17FN4O2/c1-13-5-7-16(8-6-13)22-9-10-23-17(25)18(26)24(21-19(22)23)12-14-3-2-4-15(20)11-14/h2-8,11H,9-10,12H2,1H3. The lowest BCUT2D eigenvalue weighted by Gasteiger charge is -2.18. The molecule has 0 atom stereocenters. The molecular formula is C19H17FN4O2. The van der Waals surface area contributed by atoms with Crippen molar-refractivity contribution in [3.05, 3.63) is 86.2 Å². The van der Waals surface area contributed by atoms with Crippen molar-refractivity contribution in [2.75, 3.05) is 11.4 Å². The zero-order valence-electron chi connectivity index (χ0n) is 14.2. The molecule has 1 aromatic heterocycles. The van der Waals surface area contributed by atoms with Gasteiger partial charge >= 0.3 is 11.1 Å². The Balaban J connectivity index is 1.78. The molecule has 0 saturated carbocycles. The molecule has 26 heavy (non-hydrogen) atoms. The van der Waals surface area contributed by atoms with Gasteiger partial charge in [0.25, 0.3) is 0 Å². The minimum Gasteiger partial charge on any atom is -0.309 e. The van der Waals surface area contributed by atoms with Crippen molar-refractivity contribution in [2.45, 2.75) is 20.0 Å². The summed E-state index contributed by atoms with van der Waals surface area (Å²) in [6, 6.07) is 13.8. The molecule has 0 amide bonds. The van der Waals surface area contributed by atoms with Crippen LogP contribution in [0.15, 0.2) is 58.1 Å². The quantitative estimate of drug-likeness (QED) is 0.677. The summed E-state index contributed by atoms with van der Waals surface area (Å²) in [5, 5.41) is 4.39. The highest BCUT2D eigenvalue weighted by atomic mass is 19.1. The highest BCUT2D eigenvalue weighted by molar-refractivity contribution is 5.59. The van der Waals surface area contributed by atoms with E-state index < -0.39 is 16.9 Å². The molecule has 7 heteroatoms. The smallest absolute Gasteiger partial charge is 0.309 e. The minimum atomic E-state index is -0.705. The molecule has 0 spiro atoms. The SMILES string of the molecule is Cc1ccc(N2CCn3c2nn(Cc2cccc(F)c2)c(=O)c3=O)cc1. The van der Waals surface area contributed by atoms with Crippen LogP contribution >= 0.6 is 0 Å². The van der Waals surface area contributed by atoms with Crippen molar-refractivity contribution >= 4 is 11.6 Å². The van der Waals surface area contributed by atoms with Crippen LogP contribution in [0.2, 0.25) is 0 Å². The van der Waals surface area contributed by atoms with Crippen LogP contribution in [0.4, 0.5) is 16.0 Å². The van der Waals surface area contributed by atoms with Gasteiger partial charge in [-0.3, -0.25) is 14.2 Å². The molecule has 1 aliphatic rings. The lowest BCUT2D eigenvalue weighted by Crippen LogP contribution is -2.42. The minimum absolute atomic E-state index is 0.0431. The molecule has 4 rings (SSSR count). The number of hydrogen-bond acceptors (Lipinski definition) is 4. The largest absolute Gasteiger partial charge is 0.333 e. The number of fused-ring (bicyclic) bond motifs is 1. The molecule has 2 aromatic carbocycles. The third kappa shape index (κ3) is 2.81. The average molecular weight is 352 g/mol. The second-order valence-electron chi connectivity index (χ2n) is 6.34. The van der Waals surface area contributed by atoms with Crippen molar-refractivity contribution in [1.29, 1.82) is 0 Å². The Bertz CT molecular complexity index is 1090. The zero-order valence-corrected chi connectivity index (χ0v) is 14.2. The topological polar surface area (TPSA) is 60.1 Å². The van der Waals surface area contributed by atoms with Gasteiger partial charge in [-0.15, -0.1) is 5.10 Å². The summed E-state index contributed by atoms with van der Waals surface area (Å²) in [6.45, 7) is 3.02. The summed E-state index contributed by atoms with van der Waals surface area (Å²) in [5.74, 6) is 0.0320. The molecule has 0 fully saturated rings. The lowest BCUT2D eigenvalue weighted by atomic mass is 10.2. The van der Waals surface area contributed by atoms with E-state index in [0.29, 0.717) is 24.6 Å². The van der Waals surface area contributed by atoms with E-state index in [2.05, 4.69) is 5.10 Å². The molecule has 3 aromatic rings. The van der Waals surface area contributed by atoms with E-state index in [4.69, 9.17) is 0 Å². The molecule has 0 radical (unpaired) electrons. The Morgan fingerprint density at radius 3 is 2.54 bits per heavy atom. The Morgan fingerprint density at radius 2 is 1.81 bits per heavy atom. The lowest BCUT2D eigenvalue weighted by molar-refractivity contribution is 0.584. The third-order valence-corrected chi connectivity index (χ3v) is 4.47. The predicted octanol–water partition coefficient (Wildman–Crippen LogP) is 2.05. The summed E-state index contributed by atoms with van der Waals surface area (Å²) < 4.78 is 15.9. The van der Waals surface area contributed by atoms with E-state index in [1.807, 2.05) is 36.1 Å². The fraction of sp³-hybridized carbons (Fsp3) is 0.211. The van der Waals surface area contributed by atoms with Crippen molar-refractivity contribution < 1.29 is 4.39 Å². The van der Waals surface area contributed by atoms with Gasteiger partial charge in [-0.05, 0) is 36.8 Å². The first-order valence-corrected chi connectivity index (χ1v) is 8.33. The zero-order chi connectivity index (χ0) is 18.3. The normalized spacial score (nSPS) is 13.1. The first-order valence-electron chi connectivity index (χ1n) is 8.33. The first-order chi connectivity index (χ1) is 12.5. The number of nitrogens with zero attached hydrogens (tertiary/aromatic N) is 4.